The van der Waals surface area contributed by atoms with Crippen molar-refractivity contribution in [2.45, 2.75) is 26.7 Å². The molecule has 2 nitrogen and oxygen atoms in total. The molecule has 0 saturated carbocycles. The molecule has 0 aliphatic heterocycles. The van der Waals surface area contributed by atoms with Gasteiger partial charge in [0.25, 0.3) is 0 Å². The summed E-state index contributed by atoms with van der Waals surface area (Å²) in [6.45, 7) is 4.09. The van der Waals surface area contributed by atoms with Gasteiger partial charge >= 0.3 is 0 Å². The molecule has 2 heteroatoms. The van der Waals surface area contributed by atoms with Gasteiger partial charge in [-0.25, -0.2) is 0 Å². The van der Waals surface area contributed by atoms with Crippen LogP contribution in [0.5, 0.6) is 0 Å². The van der Waals surface area contributed by atoms with Gasteiger partial charge in [0, 0.05) is 6.42 Å². The van der Waals surface area contributed by atoms with Crippen molar-refractivity contribution in [3.05, 3.63) is 6.29 Å². The number of aliphatic hydroxyl groups is 2. The van der Waals surface area contributed by atoms with Crippen molar-refractivity contribution >= 4 is 0 Å². The second-order valence-electron chi connectivity index (χ2n) is 2.35. The SMILES string of the molecule is CC(C)CC[C](O)O. The molecule has 0 saturated heterocycles. The largest absolute Gasteiger partial charge is 0.361 e. The maximum absolute atomic E-state index is 8.27. The predicted octanol–water partition coefficient (Wildman–Crippen LogP) is 1.66. The van der Waals surface area contributed by atoms with Crippen LogP contribution in [0.1, 0.15) is 26.7 Å². The van der Waals surface area contributed by atoms with E-state index in [9.17, 15) is 0 Å². The average molecular weight is 117 g/mol. The van der Waals surface area contributed by atoms with Gasteiger partial charge in [-0.05, 0) is 12.3 Å². The second-order valence-corrected chi connectivity index (χ2v) is 2.35. The van der Waals surface area contributed by atoms with Crippen molar-refractivity contribution in [1.29, 1.82) is 0 Å². The standard InChI is InChI=1S/C6H13O2/c1-5(2)3-4-6(7)8/h5,7-8H,3-4H2,1-2H3. The second kappa shape index (κ2) is 3.87. The highest BCUT2D eigenvalue weighted by atomic mass is 16.5. The zero-order chi connectivity index (χ0) is 6.57. The molecule has 0 aromatic rings. The lowest BCUT2D eigenvalue weighted by Crippen LogP contribution is -1.96. The molecule has 0 rings (SSSR count). The maximum atomic E-state index is 8.27. The first-order valence-corrected chi connectivity index (χ1v) is 2.86. The highest BCUT2D eigenvalue weighted by Crippen LogP contribution is 2.07. The summed E-state index contributed by atoms with van der Waals surface area (Å²) in [7, 11) is 0. The van der Waals surface area contributed by atoms with Gasteiger partial charge in [-0.15, -0.1) is 0 Å². The van der Waals surface area contributed by atoms with Gasteiger partial charge in [-0.1, -0.05) is 13.8 Å². The molecule has 0 aromatic heterocycles. The minimum Gasteiger partial charge on any atom is -0.361 e. The fourth-order valence-corrected chi connectivity index (χ4v) is 0.418. The Kier molecular flexibility index (Phi) is 3.83. The van der Waals surface area contributed by atoms with Gasteiger partial charge < -0.3 is 10.2 Å². The first kappa shape index (κ1) is 7.92. The summed E-state index contributed by atoms with van der Waals surface area (Å²) in [4.78, 5) is 0. The third-order valence-corrected chi connectivity index (χ3v) is 0.945. The van der Waals surface area contributed by atoms with Crippen LogP contribution in [0, 0.1) is 12.2 Å². The van der Waals surface area contributed by atoms with Crippen molar-refractivity contribution in [3.63, 3.8) is 0 Å². The zero-order valence-corrected chi connectivity index (χ0v) is 5.39. The monoisotopic (exact) mass is 117 g/mol. The predicted molar refractivity (Wildman–Crippen MR) is 31.2 cm³/mol. The molecule has 0 spiro atoms. The summed E-state index contributed by atoms with van der Waals surface area (Å²) >= 11 is 0. The van der Waals surface area contributed by atoms with Gasteiger partial charge in [0.1, 0.15) is 0 Å². The molecule has 0 heterocycles. The van der Waals surface area contributed by atoms with E-state index in [-0.39, 0.29) is 0 Å². The van der Waals surface area contributed by atoms with E-state index < -0.39 is 6.29 Å². The Morgan fingerprint density at radius 1 is 1.38 bits per heavy atom. The molecule has 0 bridgehead atoms. The van der Waals surface area contributed by atoms with E-state index in [0.717, 1.165) is 6.42 Å². The molecule has 0 fully saturated rings. The highest BCUT2D eigenvalue weighted by Gasteiger charge is 2.00. The normalized spacial score (nSPS) is 11.2. The Bertz CT molecular complexity index is 42.5. The van der Waals surface area contributed by atoms with E-state index in [0.29, 0.717) is 12.3 Å². The quantitative estimate of drug-likeness (QED) is 0.590. The van der Waals surface area contributed by atoms with Crippen LogP contribution in [0.3, 0.4) is 0 Å². The first-order valence-electron chi connectivity index (χ1n) is 2.86. The van der Waals surface area contributed by atoms with Gasteiger partial charge in [-0.2, -0.15) is 0 Å². The Morgan fingerprint density at radius 3 is 2.00 bits per heavy atom. The summed E-state index contributed by atoms with van der Waals surface area (Å²) in [5.74, 6) is 0.546. The van der Waals surface area contributed by atoms with Crippen LogP contribution in [0.25, 0.3) is 0 Å². The van der Waals surface area contributed by atoms with Crippen LogP contribution in [-0.2, 0) is 0 Å². The van der Waals surface area contributed by atoms with E-state index in [1.807, 2.05) is 13.8 Å². The summed E-state index contributed by atoms with van der Waals surface area (Å²) in [6, 6.07) is 0. The summed E-state index contributed by atoms with van der Waals surface area (Å²) in [5.41, 5.74) is 0. The van der Waals surface area contributed by atoms with Crippen LogP contribution in [-0.4, -0.2) is 10.2 Å². The minimum atomic E-state index is -0.446. The molecule has 0 unspecified atom stereocenters. The molecule has 0 amide bonds. The lowest BCUT2D eigenvalue weighted by molar-refractivity contribution is 0.0682. The summed E-state index contributed by atoms with van der Waals surface area (Å²) < 4.78 is 0. The molecule has 8 heavy (non-hydrogen) atoms. The minimum absolute atomic E-state index is 0.414. The van der Waals surface area contributed by atoms with Crippen LogP contribution in [0.15, 0.2) is 0 Å². The van der Waals surface area contributed by atoms with E-state index >= 15 is 0 Å². The highest BCUT2D eigenvalue weighted by molar-refractivity contribution is 4.58. The van der Waals surface area contributed by atoms with Crippen molar-refractivity contribution in [2.75, 3.05) is 0 Å². The Hall–Kier alpha value is -0.0800. The molecule has 49 valence electrons. The molecule has 0 aliphatic carbocycles. The van der Waals surface area contributed by atoms with E-state index in [2.05, 4.69) is 0 Å². The smallest absolute Gasteiger partial charge is 0.218 e. The Balaban J connectivity index is 2.93. The molecular formula is C6H13O2. The topological polar surface area (TPSA) is 40.5 Å². The Morgan fingerprint density at radius 2 is 1.88 bits per heavy atom. The maximum Gasteiger partial charge on any atom is 0.218 e. The van der Waals surface area contributed by atoms with Crippen LogP contribution in [0.2, 0.25) is 0 Å². The molecule has 2 N–H and O–H groups in total. The van der Waals surface area contributed by atoms with Gasteiger partial charge in [-0.3, -0.25) is 0 Å². The molecule has 0 aromatic carbocycles. The molecule has 0 aliphatic rings. The fourth-order valence-electron chi connectivity index (χ4n) is 0.418. The number of aliphatic hydroxyl groups excluding tert-OH is 1. The molecular weight excluding hydrogens is 104 g/mol. The van der Waals surface area contributed by atoms with Gasteiger partial charge in [0.2, 0.25) is 6.29 Å². The number of hydrogen-bond acceptors (Lipinski definition) is 2. The summed E-state index contributed by atoms with van der Waals surface area (Å²) in [6.07, 6.45) is 0.818. The van der Waals surface area contributed by atoms with Crippen LogP contribution >= 0.6 is 0 Å². The number of hydrogen-bond donors (Lipinski definition) is 2. The van der Waals surface area contributed by atoms with Gasteiger partial charge in [0.05, 0.1) is 0 Å². The summed E-state index contributed by atoms with van der Waals surface area (Å²) in [5, 5.41) is 16.5. The van der Waals surface area contributed by atoms with Crippen molar-refractivity contribution in [1.82, 2.24) is 0 Å². The third kappa shape index (κ3) is 5.92. The molecule has 1 radical (unpaired) electrons. The van der Waals surface area contributed by atoms with Crippen molar-refractivity contribution in [3.8, 4) is 0 Å². The Labute approximate surface area is 50.2 Å². The first-order chi connectivity index (χ1) is 3.63. The fraction of sp³-hybridized carbons (Fsp3) is 0.833. The molecule has 0 atom stereocenters. The van der Waals surface area contributed by atoms with Crippen LogP contribution in [0.4, 0.5) is 0 Å². The van der Waals surface area contributed by atoms with E-state index in [1.165, 1.54) is 0 Å². The van der Waals surface area contributed by atoms with E-state index in [1.54, 1.807) is 0 Å². The lowest BCUT2D eigenvalue weighted by Gasteiger charge is -2.02. The van der Waals surface area contributed by atoms with Crippen molar-refractivity contribution in [2.24, 2.45) is 5.92 Å². The number of rotatable bonds is 3. The average Bonchev–Trinajstić information content (AvgIpc) is 1.61. The van der Waals surface area contributed by atoms with Crippen molar-refractivity contribution < 1.29 is 10.2 Å². The third-order valence-electron chi connectivity index (χ3n) is 0.945. The van der Waals surface area contributed by atoms with Gasteiger partial charge in [0.15, 0.2) is 0 Å². The zero-order valence-electron chi connectivity index (χ0n) is 5.39. The van der Waals surface area contributed by atoms with Crippen LogP contribution < -0.4 is 0 Å². The lowest BCUT2D eigenvalue weighted by atomic mass is 10.1. The van der Waals surface area contributed by atoms with E-state index in [4.69, 9.17) is 10.2 Å².